The van der Waals surface area contributed by atoms with E-state index in [9.17, 15) is 0 Å². The van der Waals surface area contributed by atoms with Gasteiger partial charge in [-0.2, -0.15) is 0 Å². The van der Waals surface area contributed by atoms with Gasteiger partial charge in [-0.15, -0.1) is 22.9 Å². The zero-order valence-corrected chi connectivity index (χ0v) is 9.50. The van der Waals surface area contributed by atoms with Gasteiger partial charge < -0.3 is 0 Å². The summed E-state index contributed by atoms with van der Waals surface area (Å²) in [6.07, 6.45) is 5.12. The molecule has 2 heteroatoms. The van der Waals surface area contributed by atoms with Crippen molar-refractivity contribution in [2.45, 2.75) is 38.0 Å². The van der Waals surface area contributed by atoms with Crippen LogP contribution in [-0.2, 0) is 6.42 Å². The minimum Gasteiger partial charge on any atom is -0.144 e. The van der Waals surface area contributed by atoms with Crippen LogP contribution in [0.1, 0.15) is 41.3 Å². The van der Waals surface area contributed by atoms with Crippen molar-refractivity contribution in [3.05, 3.63) is 21.9 Å². The molecule has 72 valence electrons. The van der Waals surface area contributed by atoms with E-state index in [1.165, 1.54) is 29.0 Å². The van der Waals surface area contributed by atoms with Crippen molar-refractivity contribution >= 4 is 22.9 Å². The monoisotopic (exact) mass is 214 g/mol. The Morgan fingerprint density at radius 1 is 1.54 bits per heavy atom. The van der Waals surface area contributed by atoms with Gasteiger partial charge in [0.15, 0.2) is 0 Å². The van der Waals surface area contributed by atoms with Crippen LogP contribution in [0.5, 0.6) is 0 Å². The van der Waals surface area contributed by atoms with E-state index >= 15 is 0 Å². The van der Waals surface area contributed by atoms with Crippen LogP contribution < -0.4 is 0 Å². The fourth-order valence-electron chi connectivity index (χ4n) is 1.52. The standard InChI is InChI=1S/C11H15ClS/c1-2-9-5-6-11(13-9)10(12)7-8-3-4-8/h5-6,8,10H,2-4,7H2,1H3. The molecule has 0 amide bonds. The molecule has 1 aliphatic carbocycles. The second-order valence-corrected chi connectivity index (χ2v) is 5.53. The van der Waals surface area contributed by atoms with Crippen molar-refractivity contribution in [3.8, 4) is 0 Å². The molecule has 0 N–H and O–H groups in total. The van der Waals surface area contributed by atoms with Crippen LogP contribution >= 0.6 is 22.9 Å². The molecule has 0 aromatic carbocycles. The Hall–Kier alpha value is -0.0100. The molecule has 0 bridgehead atoms. The van der Waals surface area contributed by atoms with Crippen LogP contribution in [0.2, 0.25) is 0 Å². The molecule has 0 saturated heterocycles. The second-order valence-electron chi connectivity index (χ2n) is 3.80. The lowest BCUT2D eigenvalue weighted by Crippen LogP contribution is -1.87. The van der Waals surface area contributed by atoms with Gasteiger partial charge in [-0.25, -0.2) is 0 Å². The zero-order valence-electron chi connectivity index (χ0n) is 7.92. The van der Waals surface area contributed by atoms with Gasteiger partial charge in [0.2, 0.25) is 0 Å². The van der Waals surface area contributed by atoms with Gasteiger partial charge in [0.25, 0.3) is 0 Å². The molecular formula is C11H15ClS. The summed E-state index contributed by atoms with van der Waals surface area (Å²) in [6, 6.07) is 4.41. The average Bonchev–Trinajstić information content (AvgIpc) is 2.82. The molecule has 1 fully saturated rings. The Labute approximate surface area is 88.9 Å². The van der Waals surface area contributed by atoms with E-state index in [1.807, 2.05) is 11.3 Å². The molecular weight excluding hydrogens is 200 g/mol. The Morgan fingerprint density at radius 3 is 2.85 bits per heavy atom. The van der Waals surface area contributed by atoms with Gasteiger partial charge in [-0.1, -0.05) is 19.8 Å². The van der Waals surface area contributed by atoms with E-state index in [0.29, 0.717) is 0 Å². The van der Waals surface area contributed by atoms with Crippen LogP contribution in [-0.4, -0.2) is 0 Å². The summed E-state index contributed by atoms with van der Waals surface area (Å²) >= 11 is 8.20. The van der Waals surface area contributed by atoms with Gasteiger partial charge in [0.05, 0.1) is 5.38 Å². The molecule has 1 aromatic rings. The molecule has 13 heavy (non-hydrogen) atoms. The normalized spacial score (nSPS) is 18.9. The maximum atomic E-state index is 6.32. The van der Waals surface area contributed by atoms with Crippen molar-refractivity contribution < 1.29 is 0 Å². The van der Waals surface area contributed by atoms with E-state index in [0.717, 1.165) is 12.3 Å². The third-order valence-corrected chi connectivity index (χ3v) is 4.46. The molecule has 1 atom stereocenters. The molecule has 2 rings (SSSR count). The number of aryl methyl sites for hydroxylation is 1. The summed E-state index contributed by atoms with van der Waals surface area (Å²) in [5.74, 6) is 0.926. The topological polar surface area (TPSA) is 0 Å². The van der Waals surface area contributed by atoms with E-state index in [1.54, 1.807) is 0 Å². The molecule has 1 saturated carbocycles. The number of hydrogen-bond donors (Lipinski definition) is 0. The lowest BCUT2D eigenvalue weighted by Gasteiger charge is -2.04. The van der Waals surface area contributed by atoms with Crippen LogP contribution in [0, 0.1) is 5.92 Å². The highest BCUT2D eigenvalue weighted by Crippen LogP contribution is 2.41. The number of hydrogen-bond acceptors (Lipinski definition) is 1. The molecule has 0 spiro atoms. The van der Waals surface area contributed by atoms with Crippen molar-refractivity contribution in [2.24, 2.45) is 5.92 Å². The highest BCUT2D eigenvalue weighted by molar-refractivity contribution is 7.12. The summed E-state index contributed by atoms with van der Waals surface area (Å²) in [7, 11) is 0. The molecule has 1 heterocycles. The molecule has 0 nitrogen and oxygen atoms in total. The third-order valence-electron chi connectivity index (χ3n) is 2.58. The first-order valence-electron chi connectivity index (χ1n) is 5.02. The van der Waals surface area contributed by atoms with Gasteiger partial charge in [-0.05, 0) is 30.9 Å². The zero-order chi connectivity index (χ0) is 9.26. The summed E-state index contributed by atoms with van der Waals surface area (Å²) < 4.78 is 0. The molecule has 0 aliphatic heterocycles. The number of alkyl halides is 1. The summed E-state index contributed by atoms with van der Waals surface area (Å²) in [6.45, 7) is 2.19. The van der Waals surface area contributed by atoms with Gasteiger partial charge in [-0.3, -0.25) is 0 Å². The average molecular weight is 215 g/mol. The Bertz CT molecular complexity index is 275. The summed E-state index contributed by atoms with van der Waals surface area (Å²) in [4.78, 5) is 2.82. The second kappa shape index (κ2) is 4.02. The van der Waals surface area contributed by atoms with E-state index in [-0.39, 0.29) is 5.38 Å². The van der Waals surface area contributed by atoms with Gasteiger partial charge in [0.1, 0.15) is 0 Å². The van der Waals surface area contributed by atoms with Crippen LogP contribution in [0.4, 0.5) is 0 Å². The van der Waals surface area contributed by atoms with E-state index < -0.39 is 0 Å². The molecule has 1 aliphatic rings. The Balaban J connectivity index is 1.96. The molecule has 1 unspecified atom stereocenters. The first-order chi connectivity index (χ1) is 6.29. The summed E-state index contributed by atoms with van der Waals surface area (Å²) in [5.41, 5.74) is 0. The van der Waals surface area contributed by atoms with Crippen LogP contribution in [0.25, 0.3) is 0 Å². The van der Waals surface area contributed by atoms with Gasteiger partial charge in [0, 0.05) is 9.75 Å². The Kier molecular flexibility index (Phi) is 2.95. The van der Waals surface area contributed by atoms with Crippen molar-refractivity contribution in [2.75, 3.05) is 0 Å². The number of thiophene rings is 1. The molecule has 0 radical (unpaired) electrons. The summed E-state index contributed by atoms with van der Waals surface area (Å²) in [5, 5.41) is 0.276. The predicted octanol–water partition coefficient (Wildman–Crippen LogP) is 4.39. The minimum absolute atomic E-state index is 0.276. The third kappa shape index (κ3) is 2.47. The highest BCUT2D eigenvalue weighted by atomic mass is 35.5. The maximum Gasteiger partial charge on any atom is 0.0681 e. The van der Waals surface area contributed by atoms with Crippen molar-refractivity contribution in [1.29, 1.82) is 0 Å². The van der Waals surface area contributed by atoms with Crippen molar-refractivity contribution in [3.63, 3.8) is 0 Å². The first kappa shape index (κ1) is 9.54. The highest BCUT2D eigenvalue weighted by Gasteiger charge is 2.25. The van der Waals surface area contributed by atoms with Crippen LogP contribution in [0.15, 0.2) is 12.1 Å². The minimum atomic E-state index is 0.276. The van der Waals surface area contributed by atoms with E-state index in [4.69, 9.17) is 11.6 Å². The molecule has 1 aromatic heterocycles. The largest absolute Gasteiger partial charge is 0.144 e. The van der Waals surface area contributed by atoms with Crippen LogP contribution in [0.3, 0.4) is 0 Å². The smallest absolute Gasteiger partial charge is 0.0681 e. The maximum absolute atomic E-state index is 6.32. The first-order valence-corrected chi connectivity index (χ1v) is 6.27. The number of halogens is 1. The van der Waals surface area contributed by atoms with E-state index in [2.05, 4.69) is 19.1 Å². The van der Waals surface area contributed by atoms with Gasteiger partial charge >= 0.3 is 0 Å². The SMILES string of the molecule is CCc1ccc(C(Cl)CC2CC2)s1. The van der Waals surface area contributed by atoms with Crippen molar-refractivity contribution in [1.82, 2.24) is 0 Å². The lowest BCUT2D eigenvalue weighted by atomic mass is 10.2. The Morgan fingerprint density at radius 2 is 2.31 bits per heavy atom. The predicted molar refractivity (Wildman–Crippen MR) is 59.6 cm³/mol. The quantitative estimate of drug-likeness (QED) is 0.653. The number of rotatable bonds is 4. The lowest BCUT2D eigenvalue weighted by molar-refractivity contribution is 0.713. The fourth-order valence-corrected chi connectivity index (χ4v) is 2.92. The fraction of sp³-hybridized carbons (Fsp3) is 0.636.